The van der Waals surface area contributed by atoms with E-state index >= 15 is 0 Å². The maximum absolute atomic E-state index is 12.5. The predicted octanol–water partition coefficient (Wildman–Crippen LogP) is 4.36. The summed E-state index contributed by atoms with van der Waals surface area (Å²) >= 11 is 0. The molecule has 0 aromatic heterocycles. The Labute approximate surface area is 178 Å². The monoisotopic (exact) mass is 402 g/mol. The van der Waals surface area contributed by atoms with E-state index in [1.165, 1.54) is 16.7 Å². The molecule has 156 valence electrons. The van der Waals surface area contributed by atoms with Gasteiger partial charge in [0, 0.05) is 28.6 Å². The summed E-state index contributed by atoms with van der Waals surface area (Å²) in [5, 5.41) is 6.15. The van der Waals surface area contributed by atoms with Gasteiger partial charge in [-0.25, -0.2) is 0 Å². The van der Waals surface area contributed by atoms with E-state index in [9.17, 15) is 9.59 Å². The van der Waals surface area contributed by atoms with Gasteiger partial charge >= 0.3 is 0 Å². The number of carbonyl (C=O) groups excluding carboxylic acids is 2. The predicted molar refractivity (Wildman–Crippen MR) is 118 cm³/mol. The van der Waals surface area contributed by atoms with Crippen LogP contribution in [-0.2, 0) is 11.8 Å². The maximum atomic E-state index is 12.5. The van der Waals surface area contributed by atoms with E-state index in [0.717, 1.165) is 43.2 Å². The summed E-state index contributed by atoms with van der Waals surface area (Å²) < 4.78 is 0. The standard InChI is InChI=1S/C26H30N2O2/c1-25(2)15-18-14-17(24(30)28-21-11-12-21)6-13-22(18)26(25,3)19-7-4-16(5-8-19)23(29)27-20-9-10-20/h4-8,13-14,20-21H,9-12,15H2,1-3H3,(H,27,29)(H,28,30)/t26-/m1/s1. The molecule has 1 atom stereocenters. The van der Waals surface area contributed by atoms with Gasteiger partial charge in [0.25, 0.3) is 11.8 Å². The van der Waals surface area contributed by atoms with E-state index in [1.54, 1.807) is 0 Å². The Bertz CT molecular complexity index is 1020. The van der Waals surface area contributed by atoms with E-state index in [-0.39, 0.29) is 22.6 Å². The van der Waals surface area contributed by atoms with Gasteiger partial charge in [-0.2, -0.15) is 0 Å². The van der Waals surface area contributed by atoms with Crippen LogP contribution in [0.5, 0.6) is 0 Å². The van der Waals surface area contributed by atoms with Crippen molar-refractivity contribution in [3.63, 3.8) is 0 Å². The van der Waals surface area contributed by atoms with Crippen molar-refractivity contribution in [3.8, 4) is 0 Å². The van der Waals surface area contributed by atoms with Crippen LogP contribution in [0.25, 0.3) is 0 Å². The van der Waals surface area contributed by atoms with E-state index < -0.39 is 0 Å². The fourth-order valence-corrected chi connectivity index (χ4v) is 4.88. The Morgan fingerprint density at radius 3 is 1.90 bits per heavy atom. The zero-order valence-electron chi connectivity index (χ0n) is 18.0. The molecule has 0 heterocycles. The van der Waals surface area contributed by atoms with Gasteiger partial charge in [0.2, 0.25) is 0 Å². The quantitative estimate of drug-likeness (QED) is 0.781. The molecule has 0 spiro atoms. The highest BCUT2D eigenvalue weighted by atomic mass is 16.2. The topological polar surface area (TPSA) is 58.2 Å². The molecule has 5 rings (SSSR count). The smallest absolute Gasteiger partial charge is 0.251 e. The average Bonchev–Trinajstić information content (AvgIpc) is 3.64. The molecule has 0 radical (unpaired) electrons. The first-order chi connectivity index (χ1) is 14.3. The van der Waals surface area contributed by atoms with Gasteiger partial charge in [-0.15, -0.1) is 0 Å². The highest BCUT2D eigenvalue weighted by molar-refractivity contribution is 5.95. The molecule has 0 aliphatic heterocycles. The molecule has 3 aliphatic carbocycles. The van der Waals surface area contributed by atoms with Crippen LogP contribution in [0.2, 0.25) is 0 Å². The summed E-state index contributed by atoms with van der Waals surface area (Å²) in [5.74, 6) is 0.0596. The molecule has 3 aliphatic rings. The lowest BCUT2D eigenvalue weighted by Crippen LogP contribution is -2.36. The van der Waals surface area contributed by atoms with E-state index in [2.05, 4.69) is 55.7 Å². The lowest BCUT2D eigenvalue weighted by molar-refractivity contribution is 0.0942. The minimum absolute atomic E-state index is 0.00128. The van der Waals surface area contributed by atoms with Crippen LogP contribution in [0.4, 0.5) is 0 Å². The molecule has 30 heavy (non-hydrogen) atoms. The fourth-order valence-electron chi connectivity index (χ4n) is 4.88. The molecule has 2 amide bonds. The Hall–Kier alpha value is -2.62. The molecule has 0 saturated heterocycles. The van der Waals surface area contributed by atoms with E-state index in [1.807, 2.05) is 18.2 Å². The first-order valence-electron chi connectivity index (χ1n) is 11.1. The number of hydrogen-bond acceptors (Lipinski definition) is 2. The number of benzene rings is 2. The van der Waals surface area contributed by atoms with Crippen LogP contribution in [0.15, 0.2) is 42.5 Å². The van der Waals surface area contributed by atoms with Crippen molar-refractivity contribution in [2.24, 2.45) is 5.41 Å². The first-order valence-corrected chi connectivity index (χ1v) is 11.1. The first kappa shape index (κ1) is 19.3. The van der Waals surface area contributed by atoms with Crippen LogP contribution in [-0.4, -0.2) is 23.9 Å². The van der Waals surface area contributed by atoms with E-state index in [4.69, 9.17) is 0 Å². The maximum Gasteiger partial charge on any atom is 0.251 e. The zero-order chi connectivity index (χ0) is 21.1. The van der Waals surface area contributed by atoms with Crippen LogP contribution >= 0.6 is 0 Å². The lowest BCUT2D eigenvalue weighted by Gasteiger charge is -2.40. The molecule has 2 N–H and O–H groups in total. The summed E-state index contributed by atoms with van der Waals surface area (Å²) in [4.78, 5) is 24.9. The molecule has 4 nitrogen and oxygen atoms in total. The molecule has 2 fully saturated rings. The minimum Gasteiger partial charge on any atom is -0.349 e. The molecular weight excluding hydrogens is 372 g/mol. The molecule has 4 heteroatoms. The Morgan fingerprint density at radius 2 is 1.33 bits per heavy atom. The van der Waals surface area contributed by atoms with Crippen molar-refractivity contribution in [2.75, 3.05) is 0 Å². The number of amides is 2. The third kappa shape index (κ3) is 3.23. The number of carbonyl (C=O) groups is 2. The molecule has 2 aromatic carbocycles. The normalized spacial score (nSPS) is 24.2. The second kappa shape index (κ2) is 6.69. The SMILES string of the molecule is CC1(C)Cc2cc(C(=O)NC3CC3)ccc2[C@@]1(C)c1ccc(C(=O)NC2CC2)cc1. The fraction of sp³-hybridized carbons (Fsp3) is 0.462. The highest BCUT2D eigenvalue weighted by Gasteiger charge is 2.50. The summed E-state index contributed by atoms with van der Waals surface area (Å²) in [7, 11) is 0. The number of rotatable bonds is 5. The minimum atomic E-state index is -0.181. The molecular formula is C26H30N2O2. The number of hydrogen-bond donors (Lipinski definition) is 2. The van der Waals surface area contributed by atoms with Crippen LogP contribution in [0, 0.1) is 5.41 Å². The number of nitrogens with one attached hydrogen (secondary N) is 2. The van der Waals surface area contributed by atoms with Gasteiger partial charge in [0.05, 0.1) is 0 Å². The second-order valence-electron chi connectivity index (χ2n) is 10.1. The van der Waals surface area contributed by atoms with Crippen molar-refractivity contribution in [1.29, 1.82) is 0 Å². The lowest BCUT2D eigenvalue weighted by atomic mass is 9.63. The highest BCUT2D eigenvalue weighted by Crippen LogP contribution is 2.55. The Balaban J connectivity index is 1.45. The largest absolute Gasteiger partial charge is 0.349 e. The summed E-state index contributed by atoms with van der Waals surface area (Å²) in [6.07, 6.45) is 5.29. The summed E-state index contributed by atoms with van der Waals surface area (Å²) in [5.41, 5.74) is 5.04. The number of fused-ring (bicyclic) bond motifs is 1. The summed E-state index contributed by atoms with van der Waals surface area (Å²) in [6, 6.07) is 15.0. The van der Waals surface area contributed by atoms with Crippen LogP contribution < -0.4 is 10.6 Å². The van der Waals surface area contributed by atoms with Gasteiger partial charge in [-0.05, 0) is 78.5 Å². The average molecular weight is 403 g/mol. The van der Waals surface area contributed by atoms with Gasteiger partial charge in [0.1, 0.15) is 0 Å². The summed E-state index contributed by atoms with van der Waals surface area (Å²) in [6.45, 7) is 6.89. The third-order valence-electron chi connectivity index (χ3n) is 7.44. The van der Waals surface area contributed by atoms with Crippen molar-refractivity contribution in [2.45, 2.75) is 70.4 Å². The van der Waals surface area contributed by atoms with Crippen molar-refractivity contribution in [1.82, 2.24) is 10.6 Å². The van der Waals surface area contributed by atoms with E-state index in [0.29, 0.717) is 12.1 Å². The second-order valence-corrected chi connectivity index (χ2v) is 10.1. The van der Waals surface area contributed by atoms with Gasteiger partial charge in [-0.1, -0.05) is 39.0 Å². The van der Waals surface area contributed by atoms with Gasteiger partial charge in [0.15, 0.2) is 0 Å². The zero-order valence-corrected chi connectivity index (χ0v) is 18.0. The molecule has 2 saturated carbocycles. The van der Waals surface area contributed by atoms with Crippen molar-refractivity contribution in [3.05, 3.63) is 70.3 Å². The Morgan fingerprint density at radius 1 is 0.800 bits per heavy atom. The van der Waals surface area contributed by atoms with Crippen LogP contribution in [0.3, 0.4) is 0 Å². The van der Waals surface area contributed by atoms with Gasteiger partial charge < -0.3 is 10.6 Å². The Kier molecular flexibility index (Phi) is 4.32. The molecule has 0 unspecified atom stereocenters. The van der Waals surface area contributed by atoms with Crippen molar-refractivity contribution >= 4 is 11.8 Å². The third-order valence-corrected chi connectivity index (χ3v) is 7.44. The van der Waals surface area contributed by atoms with Crippen LogP contribution in [0.1, 0.15) is 83.9 Å². The molecule has 2 aromatic rings. The molecule has 0 bridgehead atoms. The van der Waals surface area contributed by atoms with Crippen molar-refractivity contribution < 1.29 is 9.59 Å². The van der Waals surface area contributed by atoms with Gasteiger partial charge in [-0.3, -0.25) is 9.59 Å².